The molecule has 0 fully saturated rings. The number of aromatic nitrogens is 2. The number of aromatic hydroxyl groups is 1. The lowest BCUT2D eigenvalue weighted by molar-refractivity contribution is 0.374. The van der Waals surface area contributed by atoms with E-state index in [4.69, 9.17) is 9.47 Å². The number of unbranched alkanes of at least 4 members (excludes halogenated alkanes) is 1. The minimum absolute atomic E-state index is 0.121. The first-order valence-electron chi connectivity index (χ1n) is 9.73. The fourth-order valence-corrected chi connectivity index (χ4v) is 4.64. The van der Waals surface area contributed by atoms with E-state index in [1.165, 1.54) is 43.1 Å². The molecule has 0 amide bonds. The highest BCUT2D eigenvalue weighted by Crippen LogP contribution is 2.38. The number of rotatable bonds is 8. The molecular weight excluding hydrogens is 420 g/mol. The molecule has 0 aliphatic carbocycles. The Kier molecular flexibility index (Phi) is 6.65. The average molecular weight is 445 g/mol. The van der Waals surface area contributed by atoms with Gasteiger partial charge in [0, 0.05) is 6.42 Å². The van der Waals surface area contributed by atoms with Crippen LogP contribution in [0.2, 0.25) is 0 Å². The highest BCUT2D eigenvalue weighted by Gasteiger charge is 2.31. The monoisotopic (exact) mass is 444 g/mol. The van der Waals surface area contributed by atoms with Gasteiger partial charge in [0.05, 0.1) is 19.1 Å². The maximum absolute atomic E-state index is 13.2. The Morgan fingerprint density at radius 2 is 1.61 bits per heavy atom. The van der Waals surface area contributed by atoms with Crippen LogP contribution in [0, 0.1) is 0 Å². The molecule has 164 valence electrons. The van der Waals surface area contributed by atoms with Crippen LogP contribution in [0.15, 0.2) is 63.1 Å². The predicted molar refractivity (Wildman–Crippen MR) is 115 cm³/mol. The Hall–Kier alpha value is -3.33. The van der Waals surface area contributed by atoms with E-state index in [1.807, 2.05) is 6.92 Å². The number of ether oxygens (including phenoxy) is 2. The van der Waals surface area contributed by atoms with Crippen molar-refractivity contribution in [3.8, 4) is 23.1 Å². The number of sulfone groups is 1. The van der Waals surface area contributed by atoms with E-state index in [9.17, 15) is 18.3 Å². The fraction of sp³-hybridized carbons (Fsp3) is 0.273. The van der Waals surface area contributed by atoms with Crippen molar-refractivity contribution in [1.29, 1.82) is 0 Å². The molecule has 1 N–H and O–H groups in total. The van der Waals surface area contributed by atoms with E-state index in [0.717, 1.165) is 6.42 Å². The van der Waals surface area contributed by atoms with Gasteiger partial charge in [-0.15, -0.1) is 0 Å². The standard InChI is InChI=1S/C22H24N2O6S/c1-4-5-14-18-23-21(25)20(31(27,28)15-10-7-6-8-11-15)22(26)24(18)19-16(29-2)12-9-13-17(19)30-3/h6-13,26H,4-5,14H2,1-3H3. The molecule has 0 spiro atoms. The van der Waals surface area contributed by atoms with Crippen molar-refractivity contribution in [3.05, 3.63) is 64.7 Å². The topological polar surface area (TPSA) is 108 Å². The Morgan fingerprint density at radius 1 is 1.00 bits per heavy atom. The van der Waals surface area contributed by atoms with Crippen molar-refractivity contribution in [1.82, 2.24) is 9.55 Å². The zero-order chi connectivity index (χ0) is 22.6. The first-order valence-corrected chi connectivity index (χ1v) is 11.2. The molecule has 8 nitrogen and oxygen atoms in total. The van der Waals surface area contributed by atoms with E-state index in [2.05, 4.69) is 4.98 Å². The first-order chi connectivity index (χ1) is 14.9. The van der Waals surface area contributed by atoms with E-state index in [1.54, 1.807) is 24.3 Å². The van der Waals surface area contributed by atoms with E-state index < -0.39 is 26.2 Å². The summed E-state index contributed by atoms with van der Waals surface area (Å²) in [6.45, 7) is 1.97. The second kappa shape index (κ2) is 9.22. The molecule has 1 aromatic heterocycles. The zero-order valence-corrected chi connectivity index (χ0v) is 18.3. The van der Waals surface area contributed by atoms with Crippen LogP contribution in [0.1, 0.15) is 25.6 Å². The summed E-state index contributed by atoms with van der Waals surface area (Å²) in [5.74, 6) is 0.110. The maximum atomic E-state index is 13.2. The van der Waals surface area contributed by atoms with Gasteiger partial charge in [0.1, 0.15) is 23.0 Å². The summed E-state index contributed by atoms with van der Waals surface area (Å²) in [6.07, 6.45) is 1.82. The predicted octanol–water partition coefficient (Wildman–Crippen LogP) is 3.13. The number of methoxy groups -OCH3 is 2. The van der Waals surface area contributed by atoms with Gasteiger partial charge in [-0.3, -0.25) is 9.36 Å². The van der Waals surface area contributed by atoms with Gasteiger partial charge < -0.3 is 14.6 Å². The van der Waals surface area contributed by atoms with Gasteiger partial charge in [-0.2, -0.15) is 4.98 Å². The van der Waals surface area contributed by atoms with Gasteiger partial charge in [0.25, 0.3) is 5.56 Å². The Morgan fingerprint density at radius 3 is 2.16 bits per heavy atom. The van der Waals surface area contributed by atoms with Crippen molar-refractivity contribution < 1.29 is 23.0 Å². The lowest BCUT2D eigenvalue weighted by Gasteiger charge is -2.21. The first kappa shape index (κ1) is 22.4. The molecule has 0 atom stereocenters. The van der Waals surface area contributed by atoms with Crippen LogP contribution in [0.4, 0.5) is 0 Å². The number of aryl methyl sites for hydroxylation is 1. The molecule has 0 aliphatic rings. The van der Waals surface area contributed by atoms with Gasteiger partial charge >= 0.3 is 0 Å². The maximum Gasteiger partial charge on any atom is 0.296 e. The lowest BCUT2D eigenvalue weighted by Crippen LogP contribution is -2.25. The molecule has 3 aromatic rings. The van der Waals surface area contributed by atoms with E-state index >= 15 is 0 Å². The van der Waals surface area contributed by atoms with Crippen LogP contribution in [0.25, 0.3) is 5.69 Å². The summed E-state index contributed by atoms with van der Waals surface area (Å²) >= 11 is 0. The van der Waals surface area contributed by atoms with Gasteiger partial charge in [-0.1, -0.05) is 37.6 Å². The van der Waals surface area contributed by atoms with Gasteiger partial charge in [-0.25, -0.2) is 8.42 Å². The van der Waals surface area contributed by atoms with Gasteiger partial charge in [0.2, 0.25) is 15.7 Å². The number of nitrogens with zero attached hydrogens (tertiary/aromatic N) is 2. The highest BCUT2D eigenvalue weighted by atomic mass is 32.2. The van der Waals surface area contributed by atoms with Crippen LogP contribution in [0.3, 0.4) is 0 Å². The smallest absolute Gasteiger partial charge is 0.296 e. The molecule has 31 heavy (non-hydrogen) atoms. The summed E-state index contributed by atoms with van der Waals surface area (Å²) in [5, 5.41) is 11.2. The molecule has 0 radical (unpaired) electrons. The zero-order valence-electron chi connectivity index (χ0n) is 17.5. The molecule has 0 aliphatic heterocycles. The summed E-state index contributed by atoms with van der Waals surface area (Å²) in [4.78, 5) is 15.9. The van der Waals surface area contributed by atoms with Crippen LogP contribution in [0.5, 0.6) is 17.4 Å². The van der Waals surface area contributed by atoms with Crippen LogP contribution in [-0.2, 0) is 16.3 Å². The SMILES string of the molecule is CCCCc1nc(=O)c(S(=O)(=O)c2ccccc2)c(O)n1-c1c(OC)cccc1OC. The second-order valence-corrected chi connectivity index (χ2v) is 8.64. The van der Waals surface area contributed by atoms with Crippen molar-refractivity contribution in [2.75, 3.05) is 14.2 Å². The normalized spacial score (nSPS) is 11.3. The summed E-state index contributed by atoms with van der Waals surface area (Å²) in [5.41, 5.74) is -0.759. The summed E-state index contributed by atoms with van der Waals surface area (Å²) < 4.78 is 38.5. The third-order valence-corrected chi connectivity index (χ3v) is 6.59. The molecule has 1 heterocycles. The summed E-state index contributed by atoms with van der Waals surface area (Å²) in [6, 6.07) is 12.4. The largest absolute Gasteiger partial charge is 0.494 e. The minimum atomic E-state index is -4.33. The quantitative estimate of drug-likeness (QED) is 0.569. The third-order valence-electron chi connectivity index (χ3n) is 4.80. The molecule has 9 heteroatoms. The second-order valence-electron chi connectivity index (χ2n) is 6.75. The average Bonchev–Trinajstić information content (AvgIpc) is 2.77. The van der Waals surface area contributed by atoms with E-state index in [-0.39, 0.29) is 16.4 Å². The van der Waals surface area contributed by atoms with Crippen LogP contribution < -0.4 is 15.0 Å². The van der Waals surface area contributed by atoms with Crippen LogP contribution >= 0.6 is 0 Å². The van der Waals surface area contributed by atoms with E-state index in [0.29, 0.717) is 24.3 Å². The van der Waals surface area contributed by atoms with Crippen LogP contribution in [-0.4, -0.2) is 37.3 Å². The van der Waals surface area contributed by atoms with Crippen molar-refractivity contribution in [2.24, 2.45) is 0 Å². The van der Waals surface area contributed by atoms with Crippen molar-refractivity contribution in [2.45, 2.75) is 36.0 Å². The number of hydrogen-bond donors (Lipinski definition) is 1. The van der Waals surface area contributed by atoms with Crippen molar-refractivity contribution >= 4 is 9.84 Å². The Bertz CT molecular complexity index is 1210. The number of para-hydroxylation sites is 1. The molecule has 0 saturated heterocycles. The summed E-state index contributed by atoms with van der Waals surface area (Å²) in [7, 11) is -1.45. The molecule has 0 unspecified atom stereocenters. The number of benzene rings is 2. The molecular formula is C22H24N2O6S. The molecule has 0 saturated carbocycles. The fourth-order valence-electron chi connectivity index (χ4n) is 3.28. The van der Waals surface area contributed by atoms with Gasteiger partial charge in [-0.05, 0) is 30.7 Å². The Balaban J connectivity index is 2.42. The van der Waals surface area contributed by atoms with Crippen molar-refractivity contribution in [3.63, 3.8) is 0 Å². The number of hydrogen-bond acceptors (Lipinski definition) is 7. The highest BCUT2D eigenvalue weighted by molar-refractivity contribution is 7.91. The molecule has 3 rings (SSSR count). The third kappa shape index (κ3) is 4.13. The minimum Gasteiger partial charge on any atom is -0.494 e. The molecule has 2 aromatic carbocycles. The molecule has 0 bridgehead atoms. The van der Waals surface area contributed by atoms with Gasteiger partial charge in [0.15, 0.2) is 4.90 Å². The lowest BCUT2D eigenvalue weighted by atomic mass is 10.2. The Labute approximate surface area is 180 Å².